The van der Waals surface area contributed by atoms with Gasteiger partial charge in [-0.15, -0.1) is 11.8 Å². The molecule has 4 rings (SSSR count). The van der Waals surface area contributed by atoms with E-state index in [9.17, 15) is 0 Å². The van der Waals surface area contributed by atoms with E-state index in [1.54, 1.807) is 0 Å². The van der Waals surface area contributed by atoms with E-state index in [1.165, 1.54) is 21.6 Å². The molecule has 3 heteroatoms. The first-order chi connectivity index (χ1) is 12.2. The summed E-state index contributed by atoms with van der Waals surface area (Å²) >= 11 is 7.95. The van der Waals surface area contributed by atoms with E-state index in [-0.39, 0.29) is 0 Å². The number of hydrogen-bond donors (Lipinski definition) is 0. The third-order valence-corrected chi connectivity index (χ3v) is 5.97. The Hall–Kier alpha value is -2.03. The second-order valence-corrected chi connectivity index (χ2v) is 7.94. The van der Waals surface area contributed by atoms with Crippen molar-refractivity contribution in [1.29, 1.82) is 0 Å². The molecule has 0 fully saturated rings. The number of para-hydroxylation sites is 1. The van der Waals surface area contributed by atoms with Gasteiger partial charge in [0.2, 0.25) is 0 Å². The molecule has 1 atom stereocenters. The Morgan fingerprint density at radius 2 is 1.64 bits per heavy atom. The molecule has 1 aliphatic heterocycles. The van der Waals surface area contributed by atoms with E-state index in [4.69, 9.17) is 16.6 Å². The fourth-order valence-electron chi connectivity index (χ4n) is 3.00. The van der Waals surface area contributed by atoms with Gasteiger partial charge in [-0.1, -0.05) is 65.7 Å². The summed E-state index contributed by atoms with van der Waals surface area (Å²) in [5.41, 5.74) is 5.94. The number of rotatable bonds is 2. The predicted octanol–water partition coefficient (Wildman–Crippen LogP) is 7.01. The molecule has 0 saturated heterocycles. The highest BCUT2D eigenvalue weighted by Crippen LogP contribution is 2.45. The maximum atomic E-state index is 6.07. The number of aliphatic imine (C=N–C) groups is 1. The first-order valence-electron chi connectivity index (χ1n) is 8.35. The maximum Gasteiger partial charge on any atom is 0.0769 e. The molecule has 3 aromatic rings. The van der Waals surface area contributed by atoms with Crippen LogP contribution in [-0.2, 0) is 0 Å². The third-order valence-electron chi connectivity index (χ3n) is 4.40. The number of fused-ring (bicyclic) bond motifs is 1. The average molecular weight is 364 g/mol. The number of hydrogen-bond acceptors (Lipinski definition) is 2. The van der Waals surface area contributed by atoms with Gasteiger partial charge in [0.15, 0.2) is 0 Å². The molecule has 0 N–H and O–H groups in total. The standard InChI is InChI=1S/C22H18ClNS/c1-15-6-8-16(9-7-15)20-14-22(17-10-12-18(23)13-11-17)25-21-5-3-2-4-19(21)24-20/h2-13,22H,14H2,1H3/t22-/m1/s1. The van der Waals surface area contributed by atoms with E-state index in [1.807, 2.05) is 23.9 Å². The second kappa shape index (κ2) is 7.07. The average Bonchev–Trinajstić information content (AvgIpc) is 2.82. The molecule has 3 aromatic carbocycles. The highest BCUT2D eigenvalue weighted by atomic mass is 35.5. The molecular formula is C22H18ClNS. The molecule has 0 bridgehead atoms. The Balaban J connectivity index is 1.78. The number of halogens is 1. The van der Waals surface area contributed by atoms with Crippen LogP contribution in [0.15, 0.2) is 82.7 Å². The van der Waals surface area contributed by atoms with Crippen LogP contribution in [0.5, 0.6) is 0 Å². The predicted molar refractivity (Wildman–Crippen MR) is 108 cm³/mol. The van der Waals surface area contributed by atoms with Gasteiger partial charge in [0.05, 0.1) is 5.69 Å². The zero-order valence-corrected chi connectivity index (χ0v) is 15.5. The van der Waals surface area contributed by atoms with Gasteiger partial charge < -0.3 is 0 Å². The molecule has 0 unspecified atom stereocenters. The lowest BCUT2D eigenvalue weighted by atomic mass is 10.0. The number of aryl methyl sites for hydroxylation is 1. The highest BCUT2D eigenvalue weighted by molar-refractivity contribution is 7.99. The quantitative estimate of drug-likeness (QED) is 0.477. The fraction of sp³-hybridized carbons (Fsp3) is 0.136. The molecule has 1 aliphatic rings. The summed E-state index contributed by atoms with van der Waals surface area (Å²) in [6, 6.07) is 25.2. The summed E-state index contributed by atoms with van der Waals surface area (Å²) in [6.45, 7) is 2.11. The van der Waals surface area contributed by atoms with E-state index in [2.05, 4.69) is 67.6 Å². The summed E-state index contributed by atoms with van der Waals surface area (Å²) in [5, 5.41) is 1.09. The molecule has 1 heterocycles. The van der Waals surface area contributed by atoms with Crippen molar-refractivity contribution in [1.82, 2.24) is 0 Å². The molecule has 0 amide bonds. The third kappa shape index (κ3) is 3.65. The lowest BCUT2D eigenvalue weighted by molar-refractivity contribution is 1.01. The summed E-state index contributed by atoms with van der Waals surface area (Å²) in [7, 11) is 0. The van der Waals surface area contributed by atoms with Crippen LogP contribution in [0.2, 0.25) is 5.02 Å². The zero-order chi connectivity index (χ0) is 17.2. The molecule has 25 heavy (non-hydrogen) atoms. The van der Waals surface area contributed by atoms with E-state index < -0.39 is 0 Å². The van der Waals surface area contributed by atoms with Crippen molar-refractivity contribution in [2.24, 2.45) is 4.99 Å². The molecule has 0 spiro atoms. The lowest BCUT2D eigenvalue weighted by Gasteiger charge is -2.16. The van der Waals surface area contributed by atoms with Gasteiger partial charge in [-0.2, -0.15) is 0 Å². The number of thioether (sulfide) groups is 1. The topological polar surface area (TPSA) is 12.4 Å². The Morgan fingerprint density at radius 1 is 0.920 bits per heavy atom. The Bertz CT molecular complexity index is 914. The fourth-order valence-corrected chi connectivity index (χ4v) is 4.36. The van der Waals surface area contributed by atoms with Crippen LogP contribution in [0.3, 0.4) is 0 Å². The van der Waals surface area contributed by atoms with Crippen molar-refractivity contribution in [2.45, 2.75) is 23.5 Å². The highest BCUT2D eigenvalue weighted by Gasteiger charge is 2.22. The summed E-state index contributed by atoms with van der Waals surface area (Å²) in [5.74, 6) is 0. The van der Waals surface area contributed by atoms with E-state index in [0.29, 0.717) is 5.25 Å². The molecule has 124 valence electrons. The molecule has 0 aromatic heterocycles. The largest absolute Gasteiger partial charge is 0.252 e. The second-order valence-electron chi connectivity index (χ2n) is 6.25. The molecular weight excluding hydrogens is 346 g/mol. The normalized spacial score (nSPS) is 16.7. The lowest BCUT2D eigenvalue weighted by Crippen LogP contribution is -2.05. The summed E-state index contributed by atoms with van der Waals surface area (Å²) in [4.78, 5) is 6.23. The van der Waals surface area contributed by atoms with Gasteiger partial charge in [0.1, 0.15) is 0 Å². The van der Waals surface area contributed by atoms with Crippen LogP contribution in [0, 0.1) is 6.92 Å². The summed E-state index contributed by atoms with van der Waals surface area (Å²) < 4.78 is 0. The Labute approximate surface area is 157 Å². The first-order valence-corrected chi connectivity index (χ1v) is 9.60. The molecule has 0 saturated carbocycles. The first kappa shape index (κ1) is 16.4. The van der Waals surface area contributed by atoms with Crippen LogP contribution in [-0.4, -0.2) is 5.71 Å². The van der Waals surface area contributed by atoms with E-state index >= 15 is 0 Å². The minimum atomic E-state index is 0.320. The van der Waals surface area contributed by atoms with Crippen molar-refractivity contribution >= 4 is 34.8 Å². The maximum absolute atomic E-state index is 6.07. The summed E-state index contributed by atoms with van der Waals surface area (Å²) in [6.07, 6.45) is 0.893. The monoisotopic (exact) mass is 363 g/mol. The van der Waals surface area contributed by atoms with Gasteiger partial charge in [0.25, 0.3) is 0 Å². The SMILES string of the molecule is Cc1ccc(C2=Nc3ccccc3S[C@@H](c3ccc(Cl)cc3)C2)cc1. The smallest absolute Gasteiger partial charge is 0.0769 e. The van der Waals surface area contributed by atoms with Crippen LogP contribution >= 0.6 is 23.4 Å². The van der Waals surface area contributed by atoms with Gasteiger partial charge in [-0.25, -0.2) is 0 Å². The van der Waals surface area contributed by atoms with Crippen molar-refractivity contribution < 1.29 is 0 Å². The van der Waals surface area contributed by atoms with Crippen molar-refractivity contribution in [2.75, 3.05) is 0 Å². The van der Waals surface area contributed by atoms with Crippen LogP contribution in [0.1, 0.15) is 28.4 Å². The van der Waals surface area contributed by atoms with Gasteiger partial charge >= 0.3 is 0 Å². The van der Waals surface area contributed by atoms with E-state index in [0.717, 1.165) is 22.8 Å². The molecule has 1 nitrogen and oxygen atoms in total. The zero-order valence-electron chi connectivity index (χ0n) is 13.9. The molecule has 0 radical (unpaired) electrons. The minimum absolute atomic E-state index is 0.320. The van der Waals surface area contributed by atoms with Crippen LogP contribution in [0.4, 0.5) is 5.69 Å². The van der Waals surface area contributed by atoms with Gasteiger partial charge in [-0.3, -0.25) is 4.99 Å². The van der Waals surface area contributed by atoms with Gasteiger partial charge in [0, 0.05) is 27.3 Å². The van der Waals surface area contributed by atoms with Gasteiger partial charge in [-0.05, 0) is 42.3 Å². The minimum Gasteiger partial charge on any atom is -0.252 e. The van der Waals surface area contributed by atoms with Crippen molar-refractivity contribution in [3.63, 3.8) is 0 Å². The Morgan fingerprint density at radius 3 is 2.40 bits per heavy atom. The number of benzene rings is 3. The van der Waals surface area contributed by atoms with Crippen LogP contribution < -0.4 is 0 Å². The van der Waals surface area contributed by atoms with Crippen molar-refractivity contribution in [3.05, 3.63) is 94.5 Å². The molecule has 0 aliphatic carbocycles. The number of nitrogens with zero attached hydrogens (tertiary/aromatic N) is 1. The Kier molecular flexibility index (Phi) is 4.65. The van der Waals surface area contributed by atoms with Crippen LogP contribution in [0.25, 0.3) is 0 Å². The van der Waals surface area contributed by atoms with Crippen molar-refractivity contribution in [3.8, 4) is 0 Å².